The maximum Gasteiger partial charge on any atom is 0.219 e. The number of sulfone groups is 1. The molecular formula is C23H35F2NO2SSi. The van der Waals surface area contributed by atoms with E-state index in [2.05, 4.69) is 58.0 Å². The Morgan fingerprint density at radius 1 is 1.10 bits per heavy atom. The van der Waals surface area contributed by atoms with Crippen LogP contribution in [0.1, 0.15) is 79.4 Å². The number of aromatic nitrogens is 1. The highest BCUT2D eigenvalue weighted by molar-refractivity contribution is 7.92. The van der Waals surface area contributed by atoms with E-state index in [9.17, 15) is 12.8 Å². The summed E-state index contributed by atoms with van der Waals surface area (Å²) in [6.07, 6.45) is 0.789. The van der Waals surface area contributed by atoms with Gasteiger partial charge in [0.15, 0.2) is 9.84 Å². The van der Waals surface area contributed by atoms with Crippen LogP contribution in [0, 0.1) is 17.4 Å². The third kappa shape index (κ3) is 4.36. The standard InChI is InChI=1S/C23H35F2NO2SSi/c1-16(2)30(17(3)4,18(5)6)12-9-19-13-20(21(24)26-14-19)23(25)10-11-29(27,28)22(7,8)15-23/h13-14,16-18H,10-11,15H2,1-8H3. The first-order chi connectivity index (χ1) is 13.6. The van der Waals surface area contributed by atoms with E-state index in [1.165, 1.54) is 26.1 Å². The minimum absolute atomic E-state index is 0.178. The van der Waals surface area contributed by atoms with Gasteiger partial charge in [-0.2, -0.15) is 4.39 Å². The van der Waals surface area contributed by atoms with Gasteiger partial charge in [-0.05, 0) is 43.0 Å². The van der Waals surface area contributed by atoms with Crippen LogP contribution in [-0.2, 0) is 15.5 Å². The van der Waals surface area contributed by atoms with Gasteiger partial charge in [0.1, 0.15) is 13.7 Å². The number of hydrogen-bond donors (Lipinski definition) is 0. The van der Waals surface area contributed by atoms with Crippen molar-refractivity contribution in [1.29, 1.82) is 0 Å². The van der Waals surface area contributed by atoms with Crippen LogP contribution >= 0.6 is 0 Å². The number of halogens is 2. The Labute approximate surface area is 182 Å². The fourth-order valence-corrected chi connectivity index (χ4v) is 11.9. The van der Waals surface area contributed by atoms with Crippen LogP contribution in [0.4, 0.5) is 8.78 Å². The number of alkyl halides is 1. The van der Waals surface area contributed by atoms with Crippen molar-refractivity contribution in [3.8, 4) is 11.5 Å². The Morgan fingerprint density at radius 3 is 2.10 bits per heavy atom. The van der Waals surface area contributed by atoms with Crippen molar-refractivity contribution in [3.05, 3.63) is 29.3 Å². The third-order valence-corrected chi connectivity index (χ3v) is 15.8. The van der Waals surface area contributed by atoms with E-state index >= 15 is 4.39 Å². The first-order valence-electron chi connectivity index (χ1n) is 10.7. The minimum atomic E-state index is -3.43. The van der Waals surface area contributed by atoms with Gasteiger partial charge in [0.25, 0.3) is 0 Å². The predicted octanol–water partition coefficient (Wildman–Crippen LogP) is 5.94. The van der Waals surface area contributed by atoms with E-state index in [1.807, 2.05) is 0 Å². The highest BCUT2D eigenvalue weighted by atomic mass is 32.2. The summed E-state index contributed by atoms with van der Waals surface area (Å²) < 4.78 is 53.7. The molecule has 2 heterocycles. The molecule has 0 aliphatic carbocycles. The van der Waals surface area contributed by atoms with Crippen molar-refractivity contribution >= 4 is 17.9 Å². The Balaban J connectivity index is 2.53. The van der Waals surface area contributed by atoms with Crippen molar-refractivity contribution in [3.63, 3.8) is 0 Å². The summed E-state index contributed by atoms with van der Waals surface area (Å²) in [7, 11) is -5.42. The molecule has 30 heavy (non-hydrogen) atoms. The van der Waals surface area contributed by atoms with Gasteiger partial charge in [-0.15, -0.1) is 5.54 Å². The Bertz CT molecular complexity index is 939. The van der Waals surface area contributed by atoms with Crippen LogP contribution in [0.2, 0.25) is 16.6 Å². The van der Waals surface area contributed by atoms with Gasteiger partial charge in [-0.25, -0.2) is 17.8 Å². The molecule has 0 saturated carbocycles. The molecule has 2 rings (SSSR count). The molecule has 0 bridgehead atoms. The van der Waals surface area contributed by atoms with Crippen molar-refractivity contribution in [1.82, 2.24) is 4.98 Å². The average Bonchev–Trinajstić information content (AvgIpc) is 2.59. The summed E-state index contributed by atoms with van der Waals surface area (Å²) in [5.41, 5.74) is 3.09. The van der Waals surface area contributed by atoms with Gasteiger partial charge in [-0.3, -0.25) is 0 Å². The second-order valence-corrected chi connectivity index (χ2v) is 18.5. The molecule has 3 nitrogen and oxygen atoms in total. The van der Waals surface area contributed by atoms with Gasteiger partial charge >= 0.3 is 0 Å². The van der Waals surface area contributed by atoms with Crippen molar-refractivity contribution in [2.75, 3.05) is 5.75 Å². The van der Waals surface area contributed by atoms with E-state index in [0.717, 1.165) is 0 Å². The molecule has 1 aromatic heterocycles. The zero-order valence-electron chi connectivity index (χ0n) is 19.4. The molecule has 1 fully saturated rings. The van der Waals surface area contributed by atoms with E-state index in [1.54, 1.807) is 0 Å². The maximum absolute atomic E-state index is 15.9. The molecule has 0 spiro atoms. The maximum atomic E-state index is 15.9. The molecule has 1 aromatic rings. The second kappa shape index (κ2) is 8.35. The van der Waals surface area contributed by atoms with E-state index in [0.29, 0.717) is 22.2 Å². The van der Waals surface area contributed by atoms with Crippen LogP contribution in [0.5, 0.6) is 0 Å². The van der Waals surface area contributed by atoms with Crippen LogP contribution in [0.15, 0.2) is 12.3 Å². The summed E-state index contributed by atoms with van der Waals surface area (Å²) in [6, 6.07) is 1.43. The van der Waals surface area contributed by atoms with E-state index in [-0.39, 0.29) is 24.2 Å². The molecule has 1 atom stereocenters. The molecular weight excluding hydrogens is 420 g/mol. The van der Waals surface area contributed by atoms with Crippen LogP contribution < -0.4 is 0 Å². The fourth-order valence-electron chi connectivity index (χ4n) is 5.12. The zero-order chi connectivity index (χ0) is 23.1. The number of rotatable bonds is 4. The molecule has 0 radical (unpaired) electrons. The van der Waals surface area contributed by atoms with Crippen LogP contribution in [-0.4, -0.2) is 32.0 Å². The molecule has 168 valence electrons. The van der Waals surface area contributed by atoms with Gasteiger partial charge in [0, 0.05) is 23.7 Å². The summed E-state index contributed by atoms with van der Waals surface area (Å²) in [5.74, 6) is 1.99. The molecule has 1 aliphatic heterocycles. The van der Waals surface area contributed by atoms with E-state index in [4.69, 9.17) is 0 Å². The van der Waals surface area contributed by atoms with Crippen LogP contribution in [0.25, 0.3) is 0 Å². The first-order valence-corrected chi connectivity index (χ1v) is 14.6. The normalized spacial score (nSPS) is 23.5. The summed E-state index contributed by atoms with van der Waals surface area (Å²) in [5, 5.41) is 0. The number of pyridine rings is 1. The molecule has 0 N–H and O–H groups in total. The van der Waals surface area contributed by atoms with Gasteiger partial charge in [-0.1, -0.05) is 47.5 Å². The first kappa shape index (κ1) is 25.0. The van der Waals surface area contributed by atoms with Gasteiger partial charge < -0.3 is 0 Å². The Kier molecular flexibility index (Phi) is 6.96. The third-order valence-electron chi connectivity index (χ3n) is 6.93. The average molecular weight is 456 g/mol. The molecule has 7 heteroatoms. The molecule has 1 saturated heterocycles. The number of hydrogen-bond acceptors (Lipinski definition) is 3. The van der Waals surface area contributed by atoms with Gasteiger partial charge in [0.2, 0.25) is 5.95 Å². The predicted molar refractivity (Wildman–Crippen MR) is 122 cm³/mol. The Morgan fingerprint density at radius 2 is 1.63 bits per heavy atom. The lowest BCUT2D eigenvalue weighted by Gasteiger charge is -2.39. The lowest BCUT2D eigenvalue weighted by Crippen LogP contribution is -2.47. The lowest BCUT2D eigenvalue weighted by atomic mass is 9.84. The van der Waals surface area contributed by atoms with Crippen molar-refractivity contribution in [2.24, 2.45) is 0 Å². The molecule has 0 aromatic carbocycles. The summed E-state index contributed by atoms with van der Waals surface area (Å²) in [6.45, 7) is 16.2. The molecule has 0 amide bonds. The summed E-state index contributed by atoms with van der Waals surface area (Å²) >= 11 is 0. The zero-order valence-corrected chi connectivity index (χ0v) is 21.3. The quantitative estimate of drug-likeness (QED) is 0.320. The van der Waals surface area contributed by atoms with E-state index < -0.39 is 34.3 Å². The lowest BCUT2D eigenvalue weighted by molar-refractivity contribution is 0.115. The highest BCUT2D eigenvalue weighted by Crippen LogP contribution is 2.46. The SMILES string of the molecule is CC(C)[Si](C#Cc1cnc(F)c(C2(F)CCS(=O)(=O)C(C)(C)C2)c1)(C(C)C)C(C)C. The summed E-state index contributed by atoms with van der Waals surface area (Å²) in [4.78, 5) is 3.78. The molecule has 1 aliphatic rings. The van der Waals surface area contributed by atoms with Gasteiger partial charge in [0.05, 0.1) is 10.5 Å². The van der Waals surface area contributed by atoms with Crippen LogP contribution in [0.3, 0.4) is 0 Å². The number of nitrogens with zero attached hydrogens (tertiary/aromatic N) is 1. The second-order valence-electron chi connectivity index (χ2n) is 10.2. The van der Waals surface area contributed by atoms with Crippen molar-refractivity contribution in [2.45, 2.75) is 95.3 Å². The van der Waals surface area contributed by atoms with Crippen molar-refractivity contribution < 1.29 is 17.2 Å². The monoisotopic (exact) mass is 455 g/mol. The largest absolute Gasteiger partial charge is 0.238 e. The minimum Gasteiger partial charge on any atom is -0.238 e. The fraction of sp³-hybridized carbons (Fsp3) is 0.696. The highest BCUT2D eigenvalue weighted by Gasteiger charge is 2.51. The molecule has 1 unspecified atom stereocenters. The smallest absolute Gasteiger partial charge is 0.219 e. The Hall–Kier alpha value is -1.26. The topological polar surface area (TPSA) is 47.0 Å².